The lowest BCUT2D eigenvalue weighted by Crippen LogP contribution is -2.57. The lowest BCUT2D eigenvalue weighted by molar-refractivity contribution is -0.152. The van der Waals surface area contributed by atoms with Gasteiger partial charge in [-0.05, 0) is 25.7 Å². The Kier molecular flexibility index (Phi) is 4.49. The van der Waals surface area contributed by atoms with E-state index in [9.17, 15) is 9.59 Å². The minimum absolute atomic E-state index is 0.0551. The van der Waals surface area contributed by atoms with Gasteiger partial charge in [-0.2, -0.15) is 0 Å². The van der Waals surface area contributed by atoms with Gasteiger partial charge in [-0.1, -0.05) is 24.2 Å². The molecule has 0 aromatic carbocycles. The first-order chi connectivity index (χ1) is 13.1. The lowest BCUT2D eigenvalue weighted by Gasteiger charge is -2.47. The molecular formula is C19H24N4O4. The Morgan fingerprint density at radius 1 is 0.926 bits per heavy atom. The zero-order valence-corrected chi connectivity index (χ0v) is 15.6. The molecule has 0 saturated carbocycles. The molecule has 2 fully saturated rings. The standard InChI is InChI=1S/C19H24N4O4/c1-3-15(13-7-11-26-20-13)22-17(24)5-9-19(22)10-6-18(25)23(19)16(4-2)14-8-12-27-21-14/h7-8,11-12,15-16H,3-6,9-10H2,1-2H3. The molecule has 2 unspecified atom stereocenters. The van der Waals surface area contributed by atoms with Crippen LogP contribution >= 0.6 is 0 Å². The number of carbonyl (C=O) groups is 2. The van der Waals surface area contributed by atoms with Gasteiger partial charge in [0.05, 0.1) is 12.1 Å². The third kappa shape index (κ3) is 2.65. The maximum Gasteiger partial charge on any atom is 0.225 e. The van der Waals surface area contributed by atoms with E-state index >= 15 is 0 Å². The van der Waals surface area contributed by atoms with E-state index < -0.39 is 5.66 Å². The second-order valence-electron chi connectivity index (χ2n) is 7.21. The van der Waals surface area contributed by atoms with E-state index in [4.69, 9.17) is 9.05 Å². The Balaban J connectivity index is 1.78. The highest BCUT2D eigenvalue weighted by molar-refractivity contribution is 5.86. The van der Waals surface area contributed by atoms with Gasteiger partial charge in [0.2, 0.25) is 11.8 Å². The molecule has 2 aliphatic heterocycles. The Morgan fingerprint density at radius 3 is 1.70 bits per heavy atom. The Labute approximate surface area is 157 Å². The van der Waals surface area contributed by atoms with Gasteiger partial charge < -0.3 is 18.8 Å². The molecule has 2 aromatic rings. The number of hydrogen-bond donors (Lipinski definition) is 0. The largest absolute Gasteiger partial charge is 0.364 e. The molecule has 0 radical (unpaired) electrons. The molecule has 2 atom stereocenters. The topological polar surface area (TPSA) is 92.7 Å². The minimum atomic E-state index is -0.645. The van der Waals surface area contributed by atoms with Crippen LogP contribution in [0.15, 0.2) is 33.7 Å². The predicted octanol–water partition coefficient (Wildman–Crippen LogP) is 3.21. The van der Waals surface area contributed by atoms with Crippen LogP contribution in [0.5, 0.6) is 0 Å². The molecule has 27 heavy (non-hydrogen) atoms. The fourth-order valence-electron chi connectivity index (χ4n) is 4.81. The molecule has 1 spiro atoms. The van der Waals surface area contributed by atoms with Crippen LogP contribution in [0, 0.1) is 0 Å². The third-order valence-corrected chi connectivity index (χ3v) is 5.91. The number of rotatable bonds is 6. The van der Waals surface area contributed by atoms with Crippen LogP contribution in [0.25, 0.3) is 0 Å². The smallest absolute Gasteiger partial charge is 0.225 e. The molecule has 0 bridgehead atoms. The van der Waals surface area contributed by atoms with Crippen molar-refractivity contribution >= 4 is 11.8 Å². The van der Waals surface area contributed by atoms with Crippen molar-refractivity contribution in [3.05, 3.63) is 36.0 Å². The number of carbonyl (C=O) groups excluding carboxylic acids is 2. The average molecular weight is 372 g/mol. The maximum atomic E-state index is 13.0. The molecule has 0 aliphatic carbocycles. The number of amides is 2. The maximum absolute atomic E-state index is 13.0. The van der Waals surface area contributed by atoms with E-state index in [0.29, 0.717) is 38.5 Å². The molecule has 2 saturated heterocycles. The van der Waals surface area contributed by atoms with Crippen molar-refractivity contribution in [1.82, 2.24) is 20.1 Å². The molecule has 0 N–H and O–H groups in total. The Bertz CT molecular complexity index is 734. The molecule has 4 heterocycles. The van der Waals surface area contributed by atoms with E-state index in [1.807, 2.05) is 23.6 Å². The van der Waals surface area contributed by atoms with Crippen LogP contribution < -0.4 is 0 Å². The van der Waals surface area contributed by atoms with Gasteiger partial charge in [0.25, 0.3) is 0 Å². The second-order valence-corrected chi connectivity index (χ2v) is 7.21. The number of likely N-dealkylation sites (tertiary alicyclic amines) is 2. The zero-order valence-electron chi connectivity index (χ0n) is 15.6. The van der Waals surface area contributed by atoms with Crippen LogP contribution in [-0.4, -0.2) is 37.6 Å². The fourth-order valence-corrected chi connectivity index (χ4v) is 4.81. The molecule has 144 valence electrons. The molecule has 4 rings (SSSR count). The molecule has 2 aromatic heterocycles. The summed E-state index contributed by atoms with van der Waals surface area (Å²) in [4.78, 5) is 29.7. The summed E-state index contributed by atoms with van der Waals surface area (Å²) in [5.41, 5.74) is 0.801. The average Bonchev–Trinajstić information content (AvgIpc) is 3.45. The van der Waals surface area contributed by atoms with Crippen LogP contribution in [0.3, 0.4) is 0 Å². The van der Waals surface area contributed by atoms with Crippen LogP contribution in [-0.2, 0) is 9.59 Å². The SMILES string of the molecule is CCC(c1ccon1)N1C(=O)CCC12CCC(=O)N2C(CC)c1ccon1. The second kappa shape index (κ2) is 6.83. The minimum Gasteiger partial charge on any atom is -0.364 e. The van der Waals surface area contributed by atoms with E-state index in [1.54, 1.807) is 12.1 Å². The number of aromatic nitrogens is 2. The Morgan fingerprint density at radius 2 is 1.37 bits per heavy atom. The van der Waals surface area contributed by atoms with E-state index in [1.165, 1.54) is 12.5 Å². The number of nitrogens with zero attached hydrogens (tertiary/aromatic N) is 4. The van der Waals surface area contributed by atoms with Gasteiger partial charge in [-0.3, -0.25) is 9.59 Å². The van der Waals surface area contributed by atoms with Crippen LogP contribution in [0.4, 0.5) is 0 Å². The van der Waals surface area contributed by atoms with Crippen molar-refractivity contribution < 1.29 is 18.6 Å². The first-order valence-corrected chi connectivity index (χ1v) is 9.57. The van der Waals surface area contributed by atoms with Gasteiger partial charge in [0.15, 0.2) is 0 Å². The summed E-state index contributed by atoms with van der Waals surface area (Å²) in [5, 5.41) is 8.16. The molecule has 2 aliphatic rings. The van der Waals surface area contributed by atoms with Crippen molar-refractivity contribution in [2.24, 2.45) is 0 Å². The highest BCUT2D eigenvalue weighted by Crippen LogP contribution is 2.50. The van der Waals surface area contributed by atoms with Gasteiger partial charge in [0, 0.05) is 25.0 Å². The summed E-state index contributed by atoms with van der Waals surface area (Å²) in [6, 6.07) is 3.15. The highest BCUT2D eigenvalue weighted by Gasteiger charge is 2.58. The van der Waals surface area contributed by atoms with E-state index in [2.05, 4.69) is 10.3 Å². The van der Waals surface area contributed by atoms with Gasteiger partial charge in [-0.15, -0.1) is 0 Å². The van der Waals surface area contributed by atoms with E-state index in [-0.39, 0.29) is 23.9 Å². The van der Waals surface area contributed by atoms with Crippen molar-refractivity contribution in [2.45, 2.75) is 70.1 Å². The van der Waals surface area contributed by atoms with Crippen molar-refractivity contribution in [1.29, 1.82) is 0 Å². The number of hydrogen-bond acceptors (Lipinski definition) is 6. The summed E-state index contributed by atoms with van der Waals surface area (Å²) in [6.45, 7) is 4.05. The monoisotopic (exact) mass is 372 g/mol. The molecule has 2 amide bonds. The summed E-state index contributed by atoms with van der Waals surface area (Å²) in [7, 11) is 0. The first kappa shape index (κ1) is 17.8. The summed E-state index contributed by atoms with van der Waals surface area (Å²) in [6.07, 6.45) is 6.53. The summed E-state index contributed by atoms with van der Waals surface area (Å²) < 4.78 is 10.1. The normalized spacial score (nSPS) is 25.0. The van der Waals surface area contributed by atoms with Gasteiger partial charge >= 0.3 is 0 Å². The zero-order chi connectivity index (χ0) is 19.0. The quantitative estimate of drug-likeness (QED) is 0.773. The third-order valence-electron chi connectivity index (χ3n) is 5.91. The van der Waals surface area contributed by atoms with Crippen molar-refractivity contribution in [3.63, 3.8) is 0 Å². The Hall–Kier alpha value is -2.64. The summed E-state index contributed by atoms with van der Waals surface area (Å²) >= 11 is 0. The van der Waals surface area contributed by atoms with Crippen LogP contribution in [0.1, 0.15) is 75.8 Å². The fraction of sp³-hybridized carbons (Fsp3) is 0.579. The van der Waals surface area contributed by atoms with E-state index in [0.717, 1.165) is 11.4 Å². The molecular weight excluding hydrogens is 348 g/mol. The molecule has 8 nitrogen and oxygen atoms in total. The highest BCUT2D eigenvalue weighted by atomic mass is 16.5. The molecule has 8 heteroatoms. The lowest BCUT2D eigenvalue weighted by atomic mass is 9.97. The van der Waals surface area contributed by atoms with Gasteiger partial charge in [0.1, 0.15) is 29.6 Å². The van der Waals surface area contributed by atoms with Gasteiger partial charge in [-0.25, -0.2) is 0 Å². The van der Waals surface area contributed by atoms with Crippen LogP contribution in [0.2, 0.25) is 0 Å². The predicted molar refractivity (Wildman–Crippen MR) is 94.0 cm³/mol. The van der Waals surface area contributed by atoms with Crippen molar-refractivity contribution in [2.75, 3.05) is 0 Å². The first-order valence-electron chi connectivity index (χ1n) is 9.57. The van der Waals surface area contributed by atoms with Crippen molar-refractivity contribution in [3.8, 4) is 0 Å². The summed E-state index contributed by atoms with van der Waals surface area (Å²) in [5.74, 6) is 0.110.